The van der Waals surface area contributed by atoms with Crippen LogP contribution in [0.25, 0.3) is 0 Å². The molecule has 126 valence electrons. The van der Waals surface area contributed by atoms with Crippen molar-refractivity contribution in [3.8, 4) is 0 Å². The number of pyridine rings is 1. The van der Waals surface area contributed by atoms with Gasteiger partial charge in [-0.2, -0.15) is 0 Å². The molecule has 0 bridgehead atoms. The molecule has 0 aromatic carbocycles. The predicted octanol–water partition coefficient (Wildman–Crippen LogP) is 2.68. The summed E-state index contributed by atoms with van der Waals surface area (Å²) in [4.78, 5) is 18.9. The molecule has 1 saturated heterocycles. The van der Waals surface area contributed by atoms with Gasteiger partial charge in [0.2, 0.25) is 0 Å². The van der Waals surface area contributed by atoms with Crippen molar-refractivity contribution < 1.29 is 4.79 Å². The zero-order valence-corrected chi connectivity index (χ0v) is 13.8. The number of nitrogens with one attached hydrogen (secondary N) is 2. The number of carbonyl (C=O) groups is 1. The third-order valence-corrected chi connectivity index (χ3v) is 5.11. The standard InChI is InChI=1S/C18H28N4O/c23-18(20-14-16-6-4-5-11-19-16)21-15-9-12-22(13-10-15)17-7-2-1-3-8-17/h4-6,11,15,17H,1-3,7-10,12-14H2,(H2,20,21,23). The molecule has 2 fully saturated rings. The van der Waals surface area contributed by atoms with Crippen molar-refractivity contribution in [2.24, 2.45) is 0 Å². The summed E-state index contributed by atoms with van der Waals surface area (Å²) in [7, 11) is 0. The highest BCUT2D eigenvalue weighted by molar-refractivity contribution is 5.74. The van der Waals surface area contributed by atoms with Gasteiger partial charge in [0.25, 0.3) is 0 Å². The Bertz CT molecular complexity index is 479. The molecular weight excluding hydrogens is 288 g/mol. The lowest BCUT2D eigenvalue weighted by Gasteiger charge is -2.39. The number of hydrogen-bond acceptors (Lipinski definition) is 3. The normalized spacial score (nSPS) is 21.0. The van der Waals surface area contributed by atoms with E-state index in [-0.39, 0.29) is 6.03 Å². The smallest absolute Gasteiger partial charge is 0.315 e. The second-order valence-corrected chi connectivity index (χ2v) is 6.75. The van der Waals surface area contributed by atoms with Crippen molar-refractivity contribution in [3.63, 3.8) is 0 Å². The van der Waals surface area contributed by atoms with Crippen molar-refractivity contribution in [1.29, 1.82) is 0 Å². The van der Waals surface area contributed by atoms with Crippen molar-refractivity contribution in [2.75, 3.05) is 13.1 Å². The Labute approximate surface area is 138 Å². The van der Waals surface area contributed by atoms with E-state index in [4.69, 9.17) is 0 Å². The highest BCUT2D eigenvalue weighted by Gasteiger charge is 2.26. The monoisotopic (exact) mass is 316 g/mol. The Balaban J connectivity index is 1.35. The second kappa shape index (κ2) is 8.29. The van der Waals surface area contributed by atoms with Gasteiger partial charge in [-0.15, -0.1) is 0 Å². The molecule has 2 N–H and O–H groups in total. The average Bonchev–Trinajstić information content (AvgIpc) is 2.62. The molecule has 5 heteroatoms. The van der Waals surface area contributed by atoms with Crippen LogP contribution in [0.5, 0.6) is 0 Å². The molecule has 0 unspecified atom stereocenters. The molecule has 1 aliphatic carbocycles. The molecule has 1 aromatic heterocycles. The van der Waals surface area contributed by atoms with Gasteiger partial charge in [0, 0.05) is 31.4 Å². The summed E-state index contributed by atoms with van der Waals surface area (Å²) in [6.07, 6.45) is 10.8. The first-order chi connectivity index (χ1) is 11.3. The van der Waals surface area contributed by atoms with E-state index < -0.39 is 0 Å². The number of nitrogens with zero attached hydrogens (tertiary/aromatic N) is 2. The number of rotatable bonds is 4. The van der Waals surface area contributed by atoms with Crippen molar-refractivity contribution in [2.45, 2.75) is 63.6 Å². The van der Waals surface area contributed by atoms with Gasteiger partial charge >= 0.3 is 6.03 Å². The summed E-state index contributed by atoms with van der Waals surface area (Å²) in [5, 5.41) is 6.00. The maximum absolute atomic E-state index is 12.0. The molecule has 23 heavy (non-hydrogen) atoms. The van der Waals surface area contributed by atoms with E-state index in [1.807, 2.05) is 18.2 Å². The van der Waals surface area contributed by atoms with Crippen LogP contribution in [0.3, 0.4) is 0 Å². The van der Waals surface area contributed by atoms with Crippen LogP contribution in [0, 0.1) is 0 Å². The summed E-state index contributed by atoms with van der Waals surface area (Å²) >= 11 is 0. The van der Waals surface area contributed by atoms with Gasteiger partial charge in [-0.1, -0.05) is 25.3 Å². The zero-order valence-electron chi connectivity index (χ0n) is 13.8. The SMILES string of the molecule is O=C(NCc1ccccn1)NC1CCN(C2CCCCC2)CC1. The van der Waals surface area contributed by atoms with Gasteiger partial charge in [-0.25, -0.2) is 4.79 Å². The maximum atomic E-state index is 12.0. The fraction of sp³-hybridized carbons (Fsp3) is 0.667. The van der Waals surface area contributed by atoms with E-state index in [1.165, 1.54) is 32.1 Å². The van der Waals surface area contributed by atoms with Gasteiger partial charge in [-0.3, -0.25) is 4.98 Å². The van der Waals surface area contributed by atoms with Crippen LogP contribution in [0.4, 0.5) is 4.79 Å². The first-order valence-electron chi connectivity index (χ1n) is 8.99. The molecule has 0 spiro atoms. The van der Waals surface area contributed by atoms with Crippen LogP contribution in [-0.2, 0) is 6.54 Å². The van der Waals surface area contributed by atoms with Gasteiger partial charge in [0.15, 0.2) is 0 Å². The Morgan fingerprint density at radius 2 is 1.91 bits per heavy atom. The molecule has 5 nitrogen and oxygen atoms in total. The summed E-state index contributed by atoms with van der Waals surface area (Å²) in [6, 6.07) is 6.75. The molecule has 2 aliphatic rings. The highest BCUT2D eigenvalue weighted by atomic mass is 16.2. The number of piperidine rings is 1. The van der Waals surface area contributed by atoms with E-state index in [9.17, 15) is 4.79 Å². The summed E-state index contributed by atoms with van der Waals surface area (Å²) in [6.45, 7) is 2.72. The summed E-state index contributed by atoms with van der Waals surface area (Å²) in [5.74, 6) is 0. The molecule has 2 heterocycles. The summed E-state index contributed by atoms with van der Waals surface area (Å²) in [5.41, 5.74) is 0.884. The largest absolute Gasteiger partial charge is 0.335 e. The van der Waals surface area contributed by atoms with E-state index in [2.05, 4.69) is 20.5 Å². The lowest BCUT2D eigenvalue weighted by Crippen LogP contribution is -2.50. The third kappa shape index (κ3) is 4.93. The number of carbonyl (C=O) groups excluding carboxylic acids is 1. The third-order valence-electron chi connectivity index (χ3n) is 5.11. The first-order valence-corrected chi connectivity index (χ1v) is 8.99. The van der Waals surface area contributed by atoms with Crippen molar-refractivity contribution in [1.82, 2.24) is 20.5 Å². The molecule has 1 saturated carbocycles. The van der Waals surface area contributed by atoms with Crippen LogP contribution in [0.15, 0.2) is 24.4 Å². The van der Waals surface area contributed by atoms with E-state index in [0.717, 1.165) is 37.7 Å². The minimum Gasteiger partial charge on any atom is -0.335 e. The lowest BCUT2D eigenvalue weighted by atomic mass is 9.92. The average molecular weight is 316 g/mol. The fourth-order valence-corrected chi connectivity index (χ4v) is 3.77. The van der Waals surface area contributed by atoms with Crippen molar-refractivity contribution in [3.05, 3.63) is 30.1 Å². The quantitative estimate of drug-likeness (QED) is 0.898. The molecule has 1 aliphatic heterocycles. The Morgan fingerprint density at radius 3 is 2.61 bits per heavy atom. The van der Waals surface area contributed by atoms with Crippen LogP contribution >= 0.6 is 0 Å². The number of aromatic nitrogens is 1. The lowest BCUT2D eigenvalue weighted by molar-refractivity contribution is 0.117. The Morgan fingerprint density at radius 1 is 1.13 bits per heavy atom. The second-order valence-electron chi connectivity index (χ2n) is 6.75. The molecule has 2 amide bonds. The molecule has 0 radical (unpaired) electrons. The Kier molecular flexibility index (Phi) is 5.86. The minimum absolute atomic E-state index is 0.0771. The topological polar surface area (TPSA) is 57.3 Å². The molecule has 3 rings (SSSR count). The fourth-order valence-electron chi connectivity index (χ4n) is 3.77. The van der Waals surface area contributed by atoms with Gasteiger partial charge in [0.05, 0.1) is 12.2 Å². The van der Waals surface area contributed by atoms with E-state index in [0.29, 0.717) is 12.6 Å². The number of amides is 2. The first kappa shape index (κ1) is 16.2. The van der Waals surface area contributed by atoms with Gasteiger partial charge < -0.3 is 15.5 Å². The predicted molar refractivity (Wildman–Crippen MR) is 91.1 cm³/mol. The molecule has 0 atom stereocenters. The highest BCUT2D eigenvalue weighted by Crippen LogP contribution is 2.25. The minimum atomic E-state index is -0.0771. The van der Waals surface area contributed by atoms with E-state index >= 15 is 0 Å². The Hall–Kier alpha value is -1.62. The molecule has 1 aromatic rings. The summed E-state index contributed by atoms with van der Waals surface area (Å²) < 4.78 is 0. The van der Waals surface area contributed by atoms with E-state index in [1.54, 1.807) is 6.20 Å². The zero-order chi connectivity index (χ0) is 15.9. The van der Waals surface area contributed by atoms with Crippen LogP contribution in [-0.4, -0.2) is 41.1 Å². The van der Waals surface area contributed by atoms with Crippen LogP contribution in [0.1, 0.15) is 50.6 Å². The van der Waals surface area contributed by atoms with Crippen LogP contribution in [0.2, 0.25) is 0 Å². The number of urea groups is 1. The van der Waals surface area contributed by atoms with Crippen molar-refractivity contribution >= 4 is 6.03 Å². The van der Waals surface area contributed by atoms with Gasteiger partial charge in [-0.05, 0) is 37.8 Å². The molecular formula is C18H28N4O. The number of likely N-dealkylation sites (tertiary alicyclic amines) is 1. The van der Waals surface area contributed by atoms with Crippen LogP contribution < -0.4 is 10.6 Å². The number of hydrogen-bond donors (Lipinski definition) is 2. The maximum Gasteiger partial charge on any atom is 0.315 e. The van der Waals surface area contributed by atoms with Gasteiger partial charge in [0.1, 0.15) is 0 Å².